The number of rotatable bonds is 7. The second kappa shape index (κ2) is 9.71. The fraction of sp³-hybridized carbons (Fsp3) is 0.381. The van der Waals surface area contributed by atoms with Gasteiger partial charge in [0.2, 0.25) is 10.0 Å². The van der Waals surface area contributed by atoms with Gasteiger partial charge in [-0.15, -0.1) is 12.4 Å². The van der Waals surface area contributed by atoms with E-state index >= 15 is 0 Å². The molecular weight excluding hydrogens is 412 g/mol. The van der Waals surface area contributed by atoms with Gasteiger partial charge in [0.05, 0.1) is 18.0 Å². The highest BCUT2D eigenvalue weighted by molar-refractivity contribution is 7.92. The summed E-state index contributed by atoms with van der Waals surface area (Å²) < 4.78 is 24.4. The van der Waals surface area contributed by atoms with Gasteiger partial charge in [0.25, 0.3) is 0 Å². The minimum absolute atomic E-state index is 0. The van der Waals surface area contributed by atoms with Crippen molar-refractivity contribution >= 4 is 33.9 Å². The lowest BCUT2D eigenvalue weighted by atomic mass is 9.83. The standard InChI is InChI=1S/C21H26N2O4S.ClH/c1-23(28(2,26)27)18-11-9-16(10-12-18)20(24)14-22-13-17-8-7-15-5-3-4-6-19(15)21(17)25;/h3-6,9-12,17,20,22,24H,7-8,13-14H2,1-2H3;1H. The first-order chi connectivity index (χ1) is 13.3. The van der Waals surface area contributed by atoms with Crippen LogP contribution < -0.4 is 9.62 Å². The Kier molecular flexibility index (Phi) is 7.82. The predicted molar refractivity (Wildman–Crippen MR) is 117 cm³/mol. The van der Waals surface area contributed by atoms with E-state index in [0.29, 0.717) is 24.3 Å². The van der Waals surface area contributed by atoms with Gasteiger partial charge in [-0.3, -0.25) is 9.10 Å². The summed E-state index contributed by atoms with van der Waals surface area (Å²) in [5.41, 5.74) is 3.16. The number of aliphatic hydroxyl groups is 1. The molecular formula is C21H27ClN2O4S. The Hall–Kier alpha value is -1.93. The van der Waals surface area contributed by atoms with Gasteiger partial charge in [0, 0.05) is 31.6 Å². The number of Topliss-reactive ketones (excluding diaryl/α,β-unsaturated/α-hetero) is 1. The van der Waals surface area contributed by atoms with Crippen LogP contribution in [0.5, 0.6) is 0 Å². The van der Waals surface area contributed by atoms with Crippen LogP contribution in [0, 0.1) is 5.92 Å². The van der Waals surface area contributed by atoms with Crippen molar-refractivity contribution in [3.05, 3.63) is 65.2 Å². The molecule has 0 aliphatic heterocycles. The first-order valence-electron chi connectivity index (χ1n) is 9.32. The molecule has 0 fully saturated rings. The normalized spacial score (nSPS) is 17.2. The molecule has 0 amide bonds. The smallest absolute Gasteiger partial charge is 0.231 e. The molecule has 29 heavy (non-hydrogen) atoms. The first-order valence-corrected chi connectivity index (χ1v) is 11.2. The van der Waals surface area contributed by atoms with Gasteiger partial charge >= 0.3 is 0 Å². The number of halogens is 1. The molecule has 0 heterocycles. The Balaban J connectivity index is 0.00000300. The van der Waals surface area contributed by atoms with E-state index in [4.69, 9.17) is 0 Å². The zero-order valence-electron chi connectivity index (χ0n) is 16.5. The number of ketones is 1. The number of carbonyl (C=O) groups excluding carboxylic acids is 1. The van der Waals surface area contributed by atoms with Gasteiger partial charge in [0.1, 0.15) is 0 Å². The summed E-state index contributed by atoms with van der Waals surface area (Å²) in [7, 11) is -1.83. The molecule has 6 nitrogen and oxygen atoms in total. The Morgan fingerprint density at radius 3 is 2.48 bits per heavy atom. The molecule has 2 aromatic carbocycles. The predicted octanol–water partition coefficient (Wildman–Crippen LogP) is 2.57. The monoisotopic (exact) mass is 438 g/mol. The van der Waals surface area contributed by atoms with Crippen molar-refractivity contribution < 1.29 is 18.3 Å². The quantitative estimate of drug-likeness (QED) is 0.693. The molecule has 2 N–H and O–H groups in total. The van der Waals surface area contributed by atoms with Crippen LogP contribution >= 0.6 is 12.4 Å². The maximum atomic E-state index is 12.6. The lowest BCUT2D eigenvalue weighted by molar-refractivity contribution is 0.0895. The van der Waals surface area contributed by atoms with E-state index in [2.05, 4.69) is 5.32 Å². The van der Waals surface area contributed by atoms with Gasteiger partial charge in [-0.2, -0.15) is 0 Å². The Morgan fingerprint density at radius 1 is 1.17 bits per heavy atom. The molecule has 2 atom stereocenters. The lowest BCUT2D eigenvalue weighted by Gasteiger charge is -2.24. The maximum Gasteiger partial charge on any atom is 0.231 e. The fourth-order valence-electron chi connectivity index (χ4n) is 3.46. The third-order valence-electron chi connectivity index (χ3n) is 5.28. The van der Waals surface area contributed by atoms with Crippen LogP contribution in [-0.4, -0.2) is 45.7 Å². The van der Waals surface area contributed by atoms with Gasteiger partial charge in [-0.05, 0) is 36.1 Å². The topological polar surface area (TPSA) is 86.7 Å². The molecule has 0 saturated heterocycles. The summed E-state index contributed by atoms with van der Waals surface area (Å²) in [6.07, 6.45) is 2.12. The van der Waals surface area contributed by atoms with Gasteiger partial charge in [-0.25, -0.2) is 8.42 Å². The van der Waals surface area contributed by atoms with E-state index in [9.17, 15) is 18.3 Å². The average molecular weight is 439 g/mol. The summed E-state index contributed by atoms with van der Waals surface area (Å²) in [6.45, 7) is 0.853. The molecule has 0 radical (unpaired) electrons. The van der Waals surface area contributed by atoms with Crippen molar-refractivity contribution in [2.75, 3.05) is 30.7 Å². The molecule has 0 saturated carbocycles. The Bertz CT molecular complexity index is 947. The molecule has 1 aliphatic rings. The van der Waals surface area contributed by atoms with Crippen molar-refractivity contribution in [2.24, 2.45) is 5.92 Å². The fourth-order valence-corrected chi connectivity index (χ4v) is 3.97. The number of aryl methyl sites for hydroxylation is 1. The van der Waals surface area contributed by atoms with Crippen LogP contribution in [0.3, 0.4) is 0 Å². The van der Waals surface area contributed by atoms with Crippen LogP contribution in [0.15, 0.2) is 48.5 Å². The van der Waals surface area contributed by atoms with Crippen LogP contribution in [0.25, 0.3) is 0 Å². The zero-order valence-corrected chi connectivity index (χ0v) is 18.2. The number of aliphatic hydroxyl groups excluding tert-OH is 1. The second-order valence-electron chi connectivity index (χ2n) is 7.25. The van der Waals surface area contributed by atoms with Crippen molar-refractivity contribution in [1.82, 2.24) is 5.32 Å². The molecule has 2 aromatic rings. The SMILES string of the molecule is CN(c1ccc(C(O)CNCC2CCc3ccccc3C2=O)cc1)S(C)(=O)=O.Cl. The van der Waals surface area contributed by atoms with Crippen LogP contribution in [0.2, 0.25) is 0 Å². The van der Waals surface area contributed by atoms with E-state index < -0.39 is 16.1 Å². The Labute approximate surface area is 178 Å². The van der Waals surface area contributed by atoms with Crippen molar-refractivity contribution in [2.45, 2.75) is 18.9 Å². The highest BCUT2D eigenvalue weighted by atomic mass is 35.5. The first kappa shape index (κ1) is 23.3. The molecule has 0 spiro atoms. The Morgan fingerprint density at radius 2 is 1.83 bits per heavy atom. The number of nitrogens with zero attached hydrogens (tertiary/aromatic N) is 1. The number of sulfonamides is 1. The van der Waals surface area contributed by atoms with Crippen molar-refractivity contribution in [3.63, 3.8) is 0 Å². The molecule has 0 bridgehead atoms. The number of benzene rings is 2. The van der Waals surface area contributed by atoms with E-state index in [1.165, 1.54) is 11.4 Å². The molecule has 8 heteroatoms. The van der Waals surface area contributed by atoms with Crippen LogP contribution in [-0.2, 0) is 16.4 Å². The third kappa shape index (κ3) is 5.57. The highest BCUT2D eigenvalue weighted by Crippen LogP contribution is 2.25. The number of nitrogens with one attached hydrogen (secondary N) is 1. The molecule has 0 aromatic heterocycles. The number of anilines is 1. The number of carbonyl (C=O) groups is 1. The third-order valence-corrected chi connectivity index (χ3v) is 6.49. The summed E-state index contributed by atoms with van der Waals surface area (Å²) in [6, 6.07) is 14.5. The summed E-state index contributed by atoms with van der Waals surface area (Å²) >= 11 is 0. The molecule has 3 rings (SSSR count). The minimum atomic E-state index is -3.32. The highest BCUT2D eigenvalue weighted by Gasteiger charge is 2.26. The zero-order chi connectivity index (χ0) is 20.3. The van der Waals surface area contributed by atoms with Crippen LogP contribution in [0.4, 0.5) is 5.69 Å². The van der Waals surface area contributed by atoms with E-state index in [0.717, 1.165) is 30.2 Å². The van der Waals surface area contributed by atoms with Crippen LogP contribution in [0.1, 0.15) is 34.0 Å². The average Bonchev–Trinajstić information content (AvgIpc) is 2.68. The molecule has 1 aliphatic carbocycles. The lowest BCUT2D eigenvalue weighted by Crippen LogP contribution is -2.34. The van der Waals surface area contributed by atoms with Crippen molar-refractivity contribution in [3.8, 4) is 0 Å². The number of fused-ring (bicyclic) bond motifs is 1. The van der Waals surface area contributed by atoms with Gasteiger partial charge in [0.15, 0.2) is 5.78 Å². The summed E-state index contributed by atoms with van der Waals surface area (Å²) in [5, 5.41) is 13.6. The number of hydrogen-bond acceptors (Lipinski definition) is 5. The largest absolute Gasteiger partial charge is 0.387 e. The minimum Gasteiger partial charge on any atom is -0.387 e. The van der Waals surface area contributed by atoms with E-state index in [-0.39, 0.29) is 24.1 Å². The molecule has 158 valence electrons. The van der Waals surface area contributed by atoms with E-state index in [1.54, 1.807) is 24.3 Å². The van der Waals surface area contributed by atoms with E-state index in [1.807, 2.05) is 24.3 Å². The maximum absolute atomic E-state index is 12.6. The number of hydrogen-bond donors (Lipinski definition) is 2. The van der Waals surface area contributed by atoms with Gasteiger partial charge < -0.3 is 10.4 Å². The second-order valence-corrected chi connectivity index (χ2v) is 9.27. The van der Waals surface area contributed by atoms with Gasteiger partial charge in [-0.1, -0.05) is 36.4 Å². The molecule has 2 unspecified atom stereocenters. The van der Waals surface area contributed by atoms with Crippen molar-refractivity contribution in [1.29, 1.82) is 0 Å². The summed E-state index contributed by atoms with van der Waals surface area (Å²) in [4.78, 5) is 12.6. The summed E-state index contributed by atoms with van der Waals surface area (Å²) in [5.74, 6) is 0.0879.